The highest BCUT2D eigenvalue weighted by atomic mass is 35.5. The Balaban J connectivity index is 2.14. The van der Waals surface area contributed by atoms with Crippen molar-refractivity contribution in [1.82, 2.24) is 0 Å². The van der Waals surface area contributed by atoms with E-state index in [0.29, 0.717) is 27.6 Å². The highest BCUT2D eigenvalue weighted by Crippen LogP contribution is 2.21. The molecule has 0 saturated carbocycles. The van der Waals surface area contributed by atoms with Crippen LogP contribution in [0.15, 0.2) is 42.5 Å². The number of Topliss-reactive ketones (excluding diaryl/α,β-unsaturated/α-hetero) is 1. The van der Waals surface area contributed by atoms with Gasteiger partial charge in [0.15, 0.2) is 5.78 Å². The zero-order valence-corrected chi connectivity index (χ0v) is 13.1. The summed E-state index contributed by atoms with van der Waals surface area (Å²) in [4.78, 5) is 23.6. The maximum atomic E-state index is 12.1. The third-order valence-corrected chi connectivity index (χ3v) is 3.42. The quantitative estimate of drug-likeness (QED) is 0.855. The van der Waals surface area contributed by atoms with Crippen LogP contribution in [-0.4, -0.2) is 18.8 Å². The van der Waals surface area contributed by atoms with Crippen LogP contribution >= 0.6 is 11.6 Å². The first-order chi connectivity index (χ1) is 10.5. The number of rotatable bonds is 5. The van der Waals surface area contributed by atoms with Crippen molar-refractivity contribution in [3.05, 3.63) is 58.6 Å². The highest BCUT2D eigenvalue weighted by molar-refractivity contribution is 6.30. The van der Waals surface area contributed by atoms with E-state index in [4.69, 9.17) is 16.3 Å². The fraction of sp³-hybridized carbons (Fsp3) is 0.176. The number of methoxy groups -OCH3 is 1. The lowest BCUT2D eigenvalue weighted by molar-refractivity contribution is -0.115. The smallest absolute Gasteiger partial charge is 0.228 e. The van der Waals surface area contributed by atoms with Crippen LogP contribution in [0, 0.1) is 0 Å². The number of halogens is 1. The summed E-state index contributed by atoms with van der Waals surface area (Å²) >= 11 is 5.80. The largest absolute Gasteiger partial charge is 0.496 e. The number of anilines is 1. The van der Waals surface area contributed by atoms with E-state index in [-0.39, 0.29) is 18.1 Å². The van der Waals surface area contributed by atoms with Crippen molar-refractivity contribution >= 4 is 29.0 Å². The van der Waals surface area contributed by atoms with Gasteiger partial charge in [-0.2, -0.15) is 0 Å². The lowest BCUT2D eigenvalue weighted by Crippen LogP contribution is -2.15. The zero-order chi connectivity index (χ0) is 16.1. The molecule has 1 N–H and O–H groups in total. The molecule has 0 fully saturated rings. The van der Waals surface area contributed by atoms with Crippen LogP contribution in [0.3, 0.4) is 0 Å². The normalized spacial score (nSPS) is 10.1. The number of amides is 1. The third kappa shape index (κ3) is 4.09. The number of carbonyl (C=O) groups excluding carboxylic acids is 2. The molecule has 0 unspecified atom stereocenters. The third-order valence-electron chi connectivity index (χ3n) is 3.17. The molecule has 0 bridgehead atoms. The molecule has 2 rings (SSSR count). The van der Waals surface area contributed by atoms with Gasteiger partial charge < -0.3 is 10.1 Å². The summed E-state index contributed by atoms with van der Waals surface area (Å²) in [5, 5.41) is 3.38. The molecule has 4 nitrogen and oxygen atoms in total. The number of ketones is 1. The molecule has 0 aliphatic heterocycles. The zero-order valence-electron chi connectivity index (χ0n) is 12.4. The predicted octanol–water partition coefficient (Wildman–Crippen LogP) is 3.73. The number of hydrogen-bond donors (Lipinski definition) is 1. The van der Waals surface area contributed by atoms with E-state index in [1.807, 2.05) is 0 Å². The van der Waals surface area contributed by atoms with Gasteiger partial charge in [-0.1, -0.05) is 11.6 Å². The van der Waals surface area contributed by atoms with Gasteiger partial charge in [-0.3, -0.25) is 9.59 Å². The van der Waals surface area contributed by atoms with E-state index in [2.05, 4.69) is 5.32 Å². The Labute approximate surface area is 134 Å². The Kier molecular flexibility index (Phi) is 5.17. The summed E-state index contributed by atoms with van der Waals surface area (Å²) < 4.78 is 5.24. The van der Waals surface area contributed by atoms with Crippen LogP contribution in [-0.2, 0) is 11.2 Å². The Morgan fingerprint density at radius 2 is 1.82 bits per heavy atom. The Hall–Kier alpha value is -2.33. The van der Waals surface area contributed by atoms with Gasteiger partial charge in [0.2, 0.25) is 5.91 Å². The Morgan fingerprint density at radius 3 is 2.41 bits per heavy atom. The van der Waals surface area contributed by atoms with E-state index < -0.39 is 0 Å². The van der Waals surface area contributed by atoms with Gasteiger partial charge in [-0.15, -0.1) is 0 Å². The molecule has 0 saturated heterocycles. The van der Waals surface area contributed by atoms with Gasteiger partial charge in [-0.05, 0) is 49.4 Å². The molecule has 0 spiro atoms. The maximum Gasteiger partial charge on any atom is 0.228 e. The fourth-order valence-electron chi connectivity index (χ4n) is 2.05. The second-order valence-electron chi connectivity index (χ2n) is 4.81. The van der Waals surface area contributed by atoms with Crippen molar-refractivity contribution in [2.24, 2.45) is 0 Å². The molecular formula is C17H16ClNO3. The van der Waals surface area contributed by atoms with Crippen LogP contribution in [0.2, 0.25) is 5.02 Å². The van der Waals surface area contributed by atoms with Crippen molar-refractivity contribution in [3.63, 3.8) is 0 Å². The molecule has 114 valence electrons. The van der Waals surface area contributed by atoms with E-state index in [0.717, 1.165) is 0 Å². The second-order valence-corrected chi connectivity index (χ2v) is 5.25. The minimum Gasteiger partial charge on any atom is -0.496 e. The molecule has 0 aromatic heterocycles. The molecule has 1 amide bonds. The van der Waals surface area contributed by atoms with Crippen molar-refractivity contribution in [2.45, 2.75) is 13.3 Å². The molecule has 0 aliphatic rings. The second kappa shape index (κ2) is 7.09. The number of ether oxygens (including phenoxy) is 1. The summed E-state index contributed by atoms with van der Waals surface area (Å²) in [7, 11) is 1.53. The summed E-state index contributed by atoms with van der Waals surface area (Å²) in [6.07, 6.45) is 0.118. The molecule has 0 radical (unpaired) electrons. The van der Waals surface area contributed by atoms with Gasteiger partial charge in [0.25, 0.3) is 0 Å². The summed E-state index contributed by atoms with van der Waals surface area (Å²) in [5.74, 6) is 0.333. The highest BCUT2D eigenvalue weighted by Gasteiger charge is 2.11. The molecule has 22 heavy (non-hydrogen) atoms. The number of hydrogen-bond acceptors (Lipinski definition) is 3. The van der Waals surface area contributed by atoms with E-state index >= 15 is 0 Å². The Morgan fingerprint density at radius 1 is 1.14 bits per heavy atom. The average Bonchev–Trinajstić information content (AvgIpc) is 2.49. The molecule has 0 heterocycles. The van der Waals surface area contributed by atoms with Crippen LogP contribution in [0.5, 0.6) is 5.75 Å². The number of benzene rings is 2. The lowest BCUT2D eigenvalue weighted by atomic mass is 10.0. The van der Waals surface area contributed by atoms with Gasteiger partial charge in [0.1, 0.15) is 5.75 Å². The summed E-state index contributed by atoms with van der Waals surface area (Å²) in [6.45, 7) is 1.49. The van der Waals surface area contributed by atoms with Crippen LogP contribution < -0.4 is 10.1 Å². The fourth-order valence-corrected chi connectivity index (χ4v) is 2.17. The molecule has 2 aromatic carbocycles. The van der Waals surface area contributed by atoms with Crippen molar-refractivity contribution < 1.29 is 14.3 Å². The molecular weight excluding hydrogens is 302 g/mol. The van der Waals surface area contributed by atoms with E-state index in [1.165, 1.54) is 14.0 Å². The average molecular weight is 318 g/mol. The minimum atomic E-state index is -0.193. The minimum absolute atomic E-state index is 0.0537. The lowest BCUT2D eigenvalue weighted by Gasteiger charge is -2.10. The molecule has 0 atom stereocenters. The first kappa shape index (κ1) is 16.0. The van der Waals surface area contributed by atoms with Gasteiger partial charge >= 0.3 is 0 Å². The molecule has 0 aliphatic carbocycles. The standard InChI is InChI=1S/C17H16ClNO3/c1-11(20)12-3-8-16(22-2)13(9-12)10-17(21)19-15-6-4-14(18)5-7-15/h3-9H,10H2,1-2H3,(H,19,21). The monoisotopic (exact) mass is 317 g/mol. The van der Waals surface area contributed by atoms with Crippen LogP contribution in [0.1, 0.15) is 22.8 Å². The number of nitrogens with one attached hydrogen (secondary N) is 1. The summed E-state index contributed by atoms with van der Waals surface area (Å²) in [5.41, 5.74) is 1.88. The van der Waals surface area contributed by atoms with E-state index in [9.17, 15) is 9.59 Å². The first-order valence-electron chi connectivity index (χ1n) is 6.73. The topological polar surface area (TPSA) is 55.4 Å². The molecule has 5 heteroatoms. The Bertz CT molecular complexity index is 696. The van der Waals surface area contributed by atoms with Crippen molar-refractivity contribution in [1.29, 1.82) is 0 Å². The molecule has 2 aromatic rings. The SMILES string of the molecule is COc1ccc(C(C)=O)cc1CC(=O)Nc1ccc(Cl)cc1. The first-order valence-corrected chi connectivity index (χ1v) is 7.10. The van der Waals surface area contributed by atoms with Crippen LogP contribution in [0.4, 0.5) is 5.69 Å². The van der Waals surface area contributed by atoms with Crippen molar-refractivity contribution in [2.75, 3.05) is 12.4 Å². The van der Waals surface area contributed by atoms with Crippen molar-refractivity contribution in [3.8, 4) is 5.75 Å². The number of carbonyl (C=O) groups is 2. The van der Waals surface area contributed by atoms with Gasteiger partial charge in [-0.25, -0.2) is 0 Å². The van der Waals surface area contributed by atoms with Gasteiger partial charge in [0.05, 0.1) is 13.5 Å². The van der Waals surface area contributed by atoms with Crippen LogP contribution in [0.25, 0.3) is 0 Å². The predicted molar refractivity (Wildman–Crippen MR) is 86.8 cm³/mol. The van der Waals surface area contributed by atoms with E-state index in [1.54, 1.807) is 42.5 Å². The maximum absolute atomic E-state index is 12.1. The van der Waals surface area contributed by atoms with Gasteiger partial charge in [0, 0.05) is 21.8 Å². The summed E-state index contributed by atoms with van der Waals surface area (Å²) in [6, 6.07) is 11.9.